The van der Waals surface area contributed by atoms with Crippen LogP contribution < -0.4 is 5.73 Å². The molecule has 3 rings (SSSR count). The highest BCUT2D eigenvalue weighted by Gasteiger charge is 2.29. The number of aryl methyl sites for hydroxylation is 1. The van der Waals surface area contributed by atoms with E-state index in [-0.39, 0.29) is 6.04 Å². The first kappa shape index (κ1) is 11.1. The molecular formula is C14H11Cl2N. The molecule has 1 nitrogen and oxygen atoms in total. The number of nitrogens with two attached hydrogens (primary N) is 1. The van der Waals surface area contributed by atoms with Gasteiger partial charge in [-0.25, -0.2) is 0 Å². The maximum Gasteiger partial charge on any atom is 0.0674 e. The van der Waals surface area contributed by atoms with Crippen molar-refractivity contribution < 1.29 is 0 Å². The van der Waals surface area contributed by atoms with Crippen LogP contribution in [0.15, 0.2) is 30.3 Å². The summed E-state index contributed by atoms with van der Waals surface area (Å²) in [4.78, 5) is 0. The van der Waals surface area contributed by atoms with Crippen LogP contribution in [0.2, 0.25) is 10.0 Å². The zero-order valence-corrected chi connectivity index (χ0v) is 10.8. The first-order valence-electron chi connectivity index (χ1n) is 5.44. The number of hydrogen-bond acceptors (Lipinski definition) is 1. The van der Waals surface area contributed by atoms with Gasteiger partial charge in [0.15, 0.2) is 0 Å². The van der Waals surface area contributed by atoms with Gasteiger partial charge < -0.3 is 5.73 Å². The van der Waals surface area contributed by atoms with E-state index in [1.54, 1.807) is 0 Å². The normalized spacial score (nSPS) is 16.8. The summed E-state index contributed by atoms with van der Waals surface area (Å²) < 4.78 is 0. The molecule has 0 amide bonds. The summed E-state index contributed by atoms with van der Waals surface area (Å²) >= 11 is 12.4. The lowest BCUT2D eigenvalue weighted by molar-refractivity contribution is 0.900. The van der Waals surface area contributed by atoms with Gasteiger partial charge in [0.05, 0.1) is 16.1 Å². The third-order valence-electron chi connectivity index (χ3n) is 3.35. The zero-order valence-electron chi connectivity index (χ0n) is 9.30. The fourth-order valence-corrected chi connectivity index (χ4v) is 2.96. The maximum atomic E-state index is 6.32. The Morgan fingerprint density at radius 3 is 2.47 bits per heavy atom. The number of fused-ring (bicyclic) bond motifs is 3. The molecule has 0 radical (unpaired) electrons. The molecule has 0 heterocycles. The third kappa shape index (κ3) is 1.43. The van der Waals surface area contributed by atoms with Gasteiger partial charge in [-0.3, -0.25) is 0 Å². The average molecular weight is 264 g/mol. The molecular weight excluding hydrogens is 253 g/mol. The Hall–Kier alpha value is -1.02. The SMILES string of the molecule is Cc1cccc2c1-c1c(ccc(Cl)c1Cl)C2N. The molecule has 1 aliphatic carbocycles. The number of rotatable bonds is 0. The van der Waals surface area contributed by atoms with Crippen LogP contribution in [0.25, 0.3) is 11.1 Å². The van der Waals surface area contributed by atoms with E-state index in [1.165, 1.54) is 5.56 Å². The molecule has 17 heavy (non-hydrogen) atoms. The quantitative estimate of drug-likeness (QED) is 0.753. The summed E-state index contributed by atoms with van der Waals surface area (Å²) in [6.45, 7) is 2.07. The molecule has 2 aromatic carbocycles. The lowest BCUT2D eigenvalue weighted by atomic mass is 10.0. The van der Waals surface area contributed by atoms with E-state index < -0.39 is 0 Å². The monoisotopic (exact) mass is 263 g/mol. The lowest BCUT2D eigenvalue weighted by Gasteiger charge is -2.07. The summed E-state index contributed by atoms with van der Waals surface area (Å²) in [7, 11) is 0. The van der Waals surface area contributed by atoms with Gasteiger partial charge in [0.25, 0.3) is 0 Å². The van der Waals surface area contributed by atoms with Crippen molar-refractivity contribution in [3.05, 3.63) is 57.1 Å². The van der Waals surface area contributed by atoms with Crippen LogP contribution in [-0.2, 0) is 0 Å². The first-order chi connectivity index (χ1) is 8.11. The molecule has 0 saturated heterocycles. The topological polar surface area (TPSA) is 26.0 Å². The van der Waals surface area contributed by atoms with Crippen molar-refractivity contribution in [1.82, 2.24) is 0 Å². The summed E-state index contributed by atoms with van der Waals surface area (Å²) in [6, 6.07) is 9.82. The molecule has 1 atom stereocenters. The molecule has 0 spiro atoms. The van der Waals surface area contributed by atoms with Crippen molar-refractivity contribution in [2.75, 3.05) is 0 Å². The van der Waals surface area contributed by atoms with Crippen LogP contribution in [0.1, 0.15) is 22.7 Å². The zero-order chi connectivity index (χ0) is 12.2. The van der Waals surface area contributed by atoms with Gasteiger partial charge in [-0.05, 0) is 35.2 Å². The highest BCUT2D eigenvalue weighted by atomic mass is 35.5. The van der Waals surface area contributed by atoms with Gasteiger partial charge in [-0.1, -0.05) is 47.5 Å². The van der Waals surface area contributed by atoms with Gasteiger partial charge in [-0.15, -0.1) is 0 Å². The van der Waals surface area contributed by atoms with Crippen molar-refractivity contribution in [1.29, 1.82) is 0 Å². The highest BCUT2D eigenvalue weighted by molar-refractivity contribution is 6.44. The number of halogens is 2. The number of hydrogen-bond donors (Lipinski definition) is 1. The smallest absolute Gasteiger partial charge is 0.0674 e. The second kappa shape index (κ2) is 3.74. The fourth-order valence-electron chi connectivity index (χ4n) is 2.54. The summed E-state index contributed by atoms with van der Waals surface area (Å²) in [5.74, 6) is 0. The van der Waals surface area contributed by atoms with E-state index in [4.69, 9.17) is 28.9 Å². The van der Waals surface area contributed by atoms with Gasteiger partial charge in [0.2, 0.25) is 0 Å². The molecule has 2 N–H and O–H groups in total. The molecule has 0 aromatic heterocycles. The molecule has 1 unspecified atom stereocenters. The van der Waals surface area contributed by atoms with Gasteiger partial charge in [0, 0.05) is 5.56 Å². The largest absolute Gasteiger partial charge is 0.320 e. The first-order valence-corrected chi connectivity index (χ1v) is 6.20. The minimum absolute atomic E-state index is 0.102. The Labute approximate surface area is 110 Å². The van der Waals surface area contributed by atoms with Gasteiger partial charge in [0.1, 0.15) is 0 Å². The van der Waals surface area contributed by atoms with Gasteiger partial charge in [-0.2, -0.15) is 0 Å². The standard InChI is InChI=1S/C14H11Cl2N/c1-7-3-2-4-8-11(7)12-9(14(8)17)5-6-10(15)13(12)16/h2-6,14H,17H2,1H3. The van der Waals surface area contributed by atoms with Crippen molar-refractivity contribution in [2.45, 2.75) is 13.0 Å². The summed E-state index contributed by atoms with van der Waals surface area (Å²) in [5, 5.41) is 1.18. The Balaban J connectivity index is 2.44. The van der Waals surface area contributed by atoms with Crippen LogP contribution in [0.5, 0.6) is 0 Å². The Morgan fingerprint density at radius 1 is 1.00 bits per heavy atom. The van der Waals surface area contributed by atoms with Crippen LogP contribution in [0, 0.1) is 6.92 Å². The van der Waals surface area contributed by atoms with Crippen molar-refractivity contribution in [3.8, 4) is 11.1 Å². The van der Waals surface area contributed by atoms with Crippen LogP contribution in [0.3, 0.4) is 0 Å². The van der Waals surface area contributed by atoms with E-state index in [1.807, 2.05) is 18.2 Å². The fraction of sp³-hybridized carbons (Fsp3) is 0.143. The molecule has 0 bridgehead atoms. The lowest BCUT2D eigenvalue weighted by Crippen LogP contribution is -2.07. The minimum atomic E-state index is -0.102. The molecule has 3 heteroatoms. The van der Waals surface area contributed by atoms with E-state index in [0.29, 0.717) is 10.0 Å². The predicted molar refractivity (Wildman–Crippen MR) is 72.7 cm³/mol. The molecule has 2 aromatic rings. The Morgan fingerprint density at radius 2 is 1.71 bits per heavy atom. The van der Waals surface area contributed by atoms with E-state index in [9.17, 15) is 0 Å². The highest BCUT2D eigenvalue weighted by Crippen LogP contribution is 2.48. The van der Waals surface area contributed by atoms with E-state index >= 15 is 0 Å². The third-order valence-corrected chi connectivity index (χ3v) is 4.16. The Bertz CT molecular complexity index is 620. The second-order valence-electron chi connectivity index (χ2n) is 4.34. The molecule has 1 aliphatic rings. The van der Waals surface area contributed by atoms with Crippen LogP contribution in [0.4, 0.5) is 0 Å². The summed E-state index contributed by atoms with van der Waals surface area (Å²) in [6.07, 6.45) is 0. The van der Waals surface area contributed by atoms with Crippen LogP contribution in [-0.4, -0.2) is 0 Å². The van der Waals surface area contributed by atoms with E-state index in [0.717, 1.165) is 22.3 Å². The van der Waals surface area contributed by atoms with Crippen LogP contribution >= 0.6 is 23.2 Å². The molecule has 0 fully saturated rings. The Kier molecular flexibility index (Phi) is 2.44. The molecule has 0 saturated carbocycles. The second-order valence-corrected chi connectivity index (χ2v) is 5.13. The summed E-state index contributed by atoms with van der Waals surface area (Å²) in [5.41, 5.74) is 11.8. The van der Waals surface area contributed by atoms with Crippen molar-refractivity contribution >= 4 is 23.2 Å². The van der Waals surface area contributed by atoms with Crippen molar-refractivity contribution in [3.63, 3.8) is 0 Å². The minimum Gasteiger partial charge on any atom is -0.320 e. The van der Waals surface area contributed by atoms with E-state index in [2.05, 4.69) is 19.1 Å². The van der Waals surface area contributed by atoms with Gasteiger partial charge >= 0.3 is 0 Å². The average Bonchev–Trinajstić information content (AvgIpc) is 2.60. The predicted octanol–water partition coefficient (Wildman–Crippen LogP) is 4.33. The van der Waals surface area contributed by atoms with Crippen molar-refractivity contribution in [2.24, 2.45) is 5.73 Å². The molecule has 0 aliphatic heterocycles. The maximum absolute atomic E-state index is 6.32. The number of benzene rings is 2. The molecule has 86 valence electrons.